The number of hydrogen-bond acceptors (Lipinski definition) is 4. The van der Waals surface area contributed by atoms with Gasteiger partial charge in [-0.25, -0.2) is 13.8 Å². The van der Waals surface area contributed by atoms with Crippen LogP contribution in [0.1, 0.15) is 23.2 Å². The highest BCUT2D eigenvalue weighted by Crippen LogP contribution is 2.21. The van der Waals surface area contributed by atoms with Gasteiger partial charge in [0.25, 0.3) is 5.91 Å². The largest absolute Gasteiger partial charge is 0.380 e. The zero-order valence-electron chi connectivity index (χ0n) is 13.9. The molecule has 2 heterocycles. The van der Waals surface area contributed by atoms with E-state index in [1.807, 2.05) is 0 Å². The van der Waals surface area contributed by atoms with E-state index in [4.69, 9.17) is 0 Å². The third-order valence-corrected chi connectivity index (χ3v) is 4.27. The lowest BCUT2D eigenvalue weighted by atomic mass is 10.0. The molecule has 0 spiro atoms. The maximum Gasteiger partial charge on any atom is 0.257 e. The SMILES string of the molecule is CNc1ncccc1C(=O)N1CCC[C@@H](Nc2ccc(F)c(F)c2)C1. The number of pyridine rings is 1. The summed E-state index contributed by atoms with van der Waals surface area (Å²) in [5.74, 6) is -1.30. The van der Waals surface area contributed by atoms with Crippen molar-refractivity contribution in [1.82, 2.24) is 9.88 Å². The number of nitrogens with one attached hydrogen (secondary N) is 2. The van der Waals surface area contributed by atoms with E-state index >= 15 is 0 Å². The smallest absolute Gasteiger partial charge is 0.257 e. The van der Waals surface area contributed by atoms with Crippen LogP contribution < -0.4 is 10.6 Å². The number of anilines is 2. The van der Waals surface area contributed by atoms with E-state index in [1.165, 1.54) is 6.07 Å². The Morgan fingerprint density at radius 1 is 1.28 bits per heavy atom. The van der Waals surface area contributed by atoms with Gasteiger partial charge < -0.3 is 15.5 Å². The maximum absolute atomic E-state index is 13.3. The van der Waals surface area contributed by atoms with Gasteiger partial charge in [0.05, 0.1) is 5.56 Å². The fraction of sp³-hybridized carbons (Fsp3) is 0.333. The fourth-order valence-corrected chi connectivity index (χ4v) is 3.05. The topological polar surface area (TPSA) is 57.3 Å². The average Bonchev–Trinajstić information content (AvgIpc) is 2.64. The summed E-state index contributed by atoms with van der Waals surface area (Å²) in [5.41, 5.74) is 1.04. The van der Waals surface area contributed by atoms with Crippen LogP contribution in [0, 0.1) is 11.6 Å². The van der Waals surface area contributed by atoms with Crippen molar-refractivity contribution >= 4 is 17.4 Å². The summed E-state index contributed by atoms with van der Waals surface area (Å²) in [6.45, 7) is 1.16. The van der Waals surface area contributed by atoms with Crippen LogP contribution in [-0.2, 0) is 0 Å². The number of piperidine rings is 1. The Morgan fingerprint density at radius 3 is 2.88 bits per heavy atom. The van der Waals surface area contributed by atoms with Crippen LogP contribution in [-0.4, -0.2) is 42.0 Å². The predicted octanol–water partition coefficient (Wildman–Crippen LogP) is 3.12. The van der Waals surface area contributed by atoms with Gasteiger partial charge in [-0.05, 0) is 37.1 Å². The number of hydrogen-bond donors (Lipinski definition) is 2. The second kappa shape index (κ2) is 7.46. The van der Waals surface area contributed by atoms with Crippen molar-refractivity contribution in [3.05, 3.63) is 53.7 Å². The van der Waals surface area contributed by atoms with E-state index in [0.717, 1.165) is 25.0 Å². The van der Waals surface area contributed by atoms with Gasteiger partial charge in [-0.2, -0.15) is 0 Å². The fourth-order valence-electron chi connectivity index (χ4n) is 3.05. The highest BCUT2D eigenvalue weighted by molar-refractivity contribution is 5.98. The van der Waals surface area contributed by atoms with E-state index in [-0.39, 0.29) is 11.9 Å². The minimum absolute atomic E-state index is 0.0164. The molecule has 2 aromatic rings. The molecule has 1 aliphatic rings. The molecule has 1 aromatic carbocycles. The molecule has 5 nitrogen and oxygen atoms in total. The molecule has 7 heteroatoms. The van der Waals surface area contributed by atoms with Gasteiger partial charge in [-0.1, -0.05) is 0 Å². The Bertz CT molecular complexity index is 768. The first kappa shape index (κ1) is 17.1. The molecule has 1 fully saturated rings. The molecule has 0 bridgehead atoms. The minimum Gasteiger partial charge on any atom is -0.380 e. The second-order valence-electron chi connectivity index (χ2n) is 6.01. The number of halogens is 2. The molecular weight excluding hydrogens is 326 g/mol. The van der Waals surface area contributed by atoms with Crippen LogP contribution in [0.2, 0.25) is 0 Å². The Labute approximate surface area is 145 Å². The number of benzene rings is 1. The van der Waals surface area contributed by atoms with Crippen molar-refractivity contribution in [1.29, 1.82) is 0 Å². The van der Waals surface area contributed by atoms with Crippen molar-refractivity contribution in [3.8, 4) is 0 Å². The first-order valence-corrected chi connectivity index (χ1v) is 8.22. The lowest BCUT2D eigenvalue weighted by Gasteiger charge is -2.34. The Kier molecular flexibility index (Phi) is 5.11. The van der Waals surface area contributed by atoms with Crippen molar-refractivity contribution in [2.24, 2.45) is 0 Å². The Balaban J connectivity index is 1.70. The number of carbonyl (C=O) groups is 1. The molecule has 1 saturated heterocycles. The molecule has 25 heavy (non-hydrogen) atoms. The molecule has 1 aliphatic heterocycles. The van der Waals surface area contributed by atoms with Crippen LogP contribution in [0.3, 0.4) is 0 Å². The molecule has 0 aliphatic carbocycles. The van der Waals surface area contributed by atoms with Gasteiger partial charge in [0.2, 0.25) is 0 Å². The molecule has 0 radical (unpaired) electrons. The van der Waals surface area contributed by atoms with Crippen molar-refractivity contribution in [2.45, 2.75) is 18.9 Å². The van der Waals surface area contributed by atoms with E-state index < -0.39 is 11.6 Å². The molecule has 1 amide bonds. The first-order chi connectivity index (χ1) is 12.1. The van der Waals surface area contributed by atoms with E-state index in [9.17, 15) is 13.6 Å². The van der Waals surface area contributed by atoms with Crippen molar-refractivity contribution in [3.63, 3.8) is 0 Å². The van der Waals surface area contributed by atoms with Crippen LogP contribution in [0.15, 0.2) is 36.5 Å². The standard InChI is InChI=1S/C18H20F2N4O/c1-21-17-14(5-2-8-22-17)18(25)24-9-3-4-13(11-24)23-12-6-7-15(19)16(20)10-12/h2,5-8,10,13,23H,3-4,9,11H2,1H3,(H,21,22)/t13-/m1/s1. The van der Waals surface area contributed by atoms with Crippen LogP contribution >= 0.6 is 0 Å². The summed E-state index contributed by atoms with van der Waals surface area (Å²) < 4.78 is 26.4. The highest BCUT2D eigenvalue weighted by Gasteiger charge is 2.26. The summed E-state index contributed by atoms with van der Waals surface area (Å²) in [4.78, 5) is 18.7. The zero-order valence-corrected chi connectivity index (χ0v) is 13.9. The minimum atomic E-state index is -0.886. The summed E-state index contributed by atoms with van der Waals surface area (Å²) in [6.07, 6.45) is 3.32. The number of nitrogens with zero attached hydrogens (tertiary/aromatic N) is 2. The Hall–Kier alpha value is -2.70. The lowest BCUT2D eigenvalue weighted by Crippen LogP contribution is -2.45. The first-order valence-electron chi connectivity index (χ1n) is 8.22. The van der Waals surface area contributed by atoms with E-state index in [1.54, 1.807) is 30.3 Å². The second-order valence-corrected chi connectivity index (χ2v) is 6.01. The number of carbonyl (C=O) groups excluding carboxylic acids is 1. The van der Waals surface area contributed by atoms with Gasteiger partial charge in [-0.3, -0.25) is 4.79 Å². The van der Waals surface area contributed by atoms with Crippen LogP contribution in [0.5, 0.6) is 0 Å². The summed E-state index contributed by atoms with van der Waals surface area (Å²) in [7, 11) is 1.72. The monoisotopic (exact) mass is 346 g/mol. The number of amides is 1. The summed E-state index contributed by atoms with van der Waals surface area (Å²) >= 11 is 0. The number of aromatic nitrogens is 1. The molecular formula is C18H20F2N4O. The zero-order chi connectivity index (χ0) is 17.8. The molecule has 2 N–H and O–H groups in total. The van der Waals surface area contributed by atoms with Gasteiger partial charge in [0.15, 0.2) is 11.6 Å². The summed E-state index contributed by atoms with van der Waals surface area (Å²) in [6, 6.07) is 7.19. The predicted molar refractivity (Wildman–Crippen MR) is 92.7 cm³/mol. The molecule has 3 rings (SSSR count). The van der Waals surface area contributed by atoms with Crippen molar-refractivity contribution < 1.29 is 13.6 Å². The molecule has 0 unspecified atom stereocenters. The van der Waals surface area contributed by atoms with Gasteiger partial charge in [-0.15, -0.1) is 0 Å². The van der Waals surface area contributed by atoms with Gasteiger partial charge in [0.1, 0.15) is 5.82 Å². The highest BCUT2D eigenvalue weighted by atomic mass is 19.2. The van der Waals surface area contributed by atoms with E-state index in [2.05, 4.69) is 15.6 Å². The lowest BCUT2D eigenvalue weighted by molar-refractivity contribution is 0.0715. The molecule has 0 saturated carbocycles. The van der Waals surface area contributed by atoms with Crippen LogP contribution in [0.4, 0.5) is 20.3 Å². The maximum atomic E-state index is 13.3. The number of likely N-dealkylation sites (tertiary alicyclic amines) is 1. The average molecular weight is 346 g/mol. The third kappa shape index (κ3) is 3.87. The van der Waals surface area contributed by atoms with Gasteiger partial charge in [0, 0.05) is 44.1 Å². The van der Waals surface area contributed by atoms with Crippen molar-refractivity contribution in [2.75, 3.05) is 30.8 Å². The molecule has 1 atom stereocenters. The molecule has 1 aromatic heterocycles. The van der Waals surface area contributed by atoms with Crippen LogP contribution in [0.25, 0.3) is 0 Å². The Morgan fingerprint density at radius 2 is 2.12 bits per heavy atom. The third-order valence-electron chi connectivity index (χ3n) is 4.27. The van der Waals surface area contributed by atoms with E-state index in [0.29, 0.717) is 30.2 Å². The number of rotatable bonds is 4. The quantitative estimate of drug-likeness (QED) is 0.893. The summed E-state index contributed by atoms with van der Waals surface area (Å²) in [5, 5.41) is 6.11. The normalized spacial score (nSPS) is 17.2. The molecule has 132 valence electrons. The van der Waals surface area contributed by atoms with Gasteiger partial charge >= 0.3 is 0 Å².